The Labute approximate surface area is 145 Å². The van der Waals surface area contributed by atoms with Gasteiger partial charge in [-0.2, -0.15) is 0 Å². The van der Waals surface area contributed by atoms with E-state index in [1.807, 2.05) is 31.3 Å². The SMILES string of the molecule is CNC(CNC(=O)n1cc2ccc(F)cc2c1)c1ccc(OC)cc1. The minimum absolute atomic E-state index is 0.0303. The minimum Gasteiger partial charge on any atom is -0.497 e. The van der Waals surface area contributed by atoms with Crippen LogP contribution in [0.1, 0.15) is 11.6 Å². The molecule has 25 heavy (non-hydrogen) atoms. The van der Waals surface area contributed by atoms with Crippen LogP contribution in [-0.2, 0) is 0 Å². The van der Waals surface area contributed by atoms with Gasteiger partial charge in [0.1, 0.15) is 11.6 Å². The van der Waals surface area contributed by atoms with E-state index in [0.717, 1.165) is 16.7 Å². The number of rotatable bonds is 5. The molecule has 3 aromatic rings. The van der Waals surface area contributed by atoms with Crippen molar-refractivity contribution in [2.75, 3.05) is 20.7 Å². The summed E-state index contributed by atoms with van der Waals surface area (Å²) in [6.45, 7) is 0.421. The molecule has 130 valence electrons. The van der Waals surface area contributed by atoms with Crippen LogP contribution >= 0.6 is 0 Å². The smallest absolute Gasteiger partial charge is 0.325 e. The Morgan fingerprint density at radius 2 is 1.88 bits per heavy atom. The number of benzene rings is 2. The summed E-state index contributed by atoms with van der Waals surface area (Å²) in [6.07, 6.45) is 3.31. The highest BCUT2D eigenvalue weighted by Gasteiger charge is 2.12. The van der Waals surface area contributed by atoms with Gasteiger partial charge in [-0.1, -0.05) is 12.1 Å². The van der Waals surface area contributed by atoms with E-state index in [1.165, 1.54) is 16.7 Å². The fourth-order valence-corrected chi connectivity index (χ4v) is 2.73. The zero-order valence-electron chi connectivity index (χ0n) is 14.1. The maximum atomic E-state index is 13.3. The minimum atomic E-state index is -0.319. The number of hydrogen-bond donors (Lipinski definition) is 2. The number of halogens is 1. The molecule has 3 rings (SSSR count). The molecule has 1 aromatic heterocycles. The summed E-state index contributed by atoms with van der Waals surface area (Å²) in [5, 5.41) is 7.58. The Bertz CT molecular complexity index is 874. The van der Waals surface area contributed by atoms with Crippen molar-refractivity contribution in [2.24, 2.45) is 0 Å². The third-order valence-corrected chi connectivity index (χ3v) is 4.16. The highest BCUT2D eigenvalue weighted by atomic mass is 19.1. The van der Waals surface area contributed by atoms with Crippen molar-refractivity contribution in [2.45, 2.75) is 6.04 Å². The van der Waals surface area contributed by atoms with Gasteiger partial charge >= 0.3 is 6.03 Å². The van der Waals surface area contributed by atoms with Crippen LogP contribution < -0.4 is 15.4 Å². The molecule has 0 spiro atoms. The third-order valence-electron chi connectivity index (χ3n) is 4.16. The normalized spacial score (nSPS) is 12.1. The number of likely N-dealkylation sites (N-methyl/N-ethyl adjacent to an activating group) is 1. The first-order chi connectivity index (χ1) is 12.1. The monoisotopic (exact) mass is 341 g/mol. The van der Waals surface area contributed by atoms with Crippen LogP contribution in [0, 0.1) is 5.82 Å². The summed E-state index contributed by atoms with van der Waals surface area (Å²) >= 11 is 0. The fraction of sp³-hybridized carbons (Fsp3) is 0.211. The lowest BCUT2D eigenvalue weighted by Gasteiger charge is -2.18. The molecule has 2 N–H and O–H groups in total. The van der Waals surface area contributed by atoms with Gasteiger partial charge in [-0.05, 0) is 42.9 Å². The standard InChI is InChI=1S/C19H20FN3O2/c1-21-18(13-4-7-17(25-2)8-5-13)10-22-19(24)23-11-14-3-6-16(20)9-15(14)12-23/h3-9,11-12,18,21H,10H2,1-2H3,(H,22,24). The highest BCUT2D eigenvalue weighted by Crippen LogP contribution is 2.18. The lowest BCUT2D eigenvalue weighted by molar-refractivity contribution is 0.241. The molecule has 1 unspecified atom stereocenters. The molecule has 0 aliphatic carbocycles. The average Bonchev–Trinajstić information content (AvgIpc) is 3.05. The van der Waals surface area contributed by atoms with Gasteiger partial charge in [-0.15, -0.1) is 0 Å². The maximum Gasteiger partial charge on any atom is 0.325 e. The van der Waals surface area contributed by atoms with Crippen LogP contribution in [0.15, 0.2) is 54.9 Å². The van der Waals surface area contributed by atoms with E-state index in [2.05, 4.69) is 10.6 Å². The molecule has 6 heteroatoms. The van der Waals surface area contributed by atoms with Crippen molar-refractivity contribution in [3.63, 3.8) is 0 Å². The van der Waals surface area contributed by atoms with Crippen molar-refractivity contribution >= 4 is 16.8 Å². The molecule has 5 nitrogen and oxygen atoms in total. The molecule has 1 atom stereocenters. The van der Waals surface area contributed by atoms with Crippen molar-refractivity contribution in [3.8, 4) is 5.75 Å². The van der Waals surface area contributed by atoms with E-state index < -0.39 is 0 Å². The van der Waals surface area contributed by atoms with Gasteiger partial charge < -0.3 is 15.4 Å². The fourth-order valence-electron chi connectivity index (χ4n) is 2.73. The van der Waals surface area contributed by atoms with Crippen LogP contribution in [0.2, 0.25) is 0 Å². The number of aromatic nitrogens is 1. The Balaban J connectivity index is 1.68. The summed E-state index contributed by atoms with van der Waals surface area (Å²) in [5.74, 6) is 0.467. The number of carbonyl (C=O) groups is 1. The molecular formula is C19H20FN3O2. The van der Waals surface area contributed by atoms with E-state index in [0.29, 0.717) is 11.9 Å². The van der Waals surface area contributed by atoms with Crippen LogP contribution in [0.25, 0.3) is 10.8 Å². The Morgan fingerprint density at radius 1 is 1.16 bits per heavy atom. The van der Waals surface area contributed by atoms with E-state index in [1.54, 1.807) is 25.6 Å². The topological polar surface area (TPSA) is 55.3 Å². The number of amides is 1. The lowest BCUT2D eigenvalue weighted by atomic mass is 10.1. The first-order valence-electron chi connectivity index (χ1n) is 7.97. The molecule has 1 heterocycles. The van der Waals surface area contributed by atoms with Crippen LogP contribution in [0.3, 0.4) is 0 Å². The lowest BCUT2D eigenvalue weighted by Crippen LogP contribution is -2.35. The molecule has 0 aliphatic rings. The van der Waals surface area contributed by atoms with Gasteiger partial charge in [0.15, 0.2) is 0 Å². The van der Waals surface area contributed by atoms with E-state index in [9.17, 15) is 9.18 Å². The van der Waals surface area contributed by atoms with Crippen molar-refractivity contribution in [1.29, 1.82) is 0 Å². The van der Waals surface area contributed by atoms with Crippen molar-refractivity contribution in [1.82, 2.24) is 15.2 Å². The molecule has 0 aliphatic heterocycles. The van der Waals surface area contributed by atoms with Crippen molar-refractivity contribution in [3.05, 3.63) is 66.2 Å². The Morgan fingerprint density at radius 3 is 2.56 bits per heavy atom. The molecular weight excluding hydrogens is 321 g/mol. The van der Waals surface area contributed by atoms with Gasteiger partial charge in [0, 0.05) is 35.8 Å². The number of nitrogens with zero attached hydrogens (tertiary/aromatic N) is 1. The molecule has 1 amide bonds. The number of methoxy groups -OCH3 is 1. The summed E-state index contributed by atoms with van der Waals surface area (Å²) in [5.41, 5.74) is 1.04. The number of nitrogens with one attached hydrogen (secondary N) is 2. The van der Waals surface area contributed by atoms with Gasteiger partial charge in [0.05, 0.1) is 7.11 Å². The van der Waals surface area contributed by atoms with Gasteiger partial charge in [-0.3, -0.25) is 4.57 Å². The highest BCUT2D eigenvalue weighted by molar-refractivity contribution is 5.88. The molecule has 2 aromatic carbocycles. The van der Waals surface area contributed by atoms with Crippen LogP contribution in [0.5, 0.6) is 5.75 Å². The number of carbonyl (C=O) groups excluding carboxylic acids is 1. The predicted octanol–water partition coefficient (Wildman–Crippen LogP) is 3.31. The molecule has 0 saturated carbocycles. The second-order valence-electron chi connectivity index (χ2n) is 5.74. The van der Waals surface area contributed by atoms with E-state index >= 15 is 0 Å². The van der Waals surface area contributed by atoms with Gasteiger partial charge in [0.2, 0.25) is 0 Å². The van der Waals surface area contributed by atoms with Gasteiger partial charge in [-0.25, -0.2) is 9.18 Å². The average molecular weight is 341 g/mol. The third kappa shape index (κ3) is 3.80. The molecule has 0 fully saturated rings. The quantitative estimate of drug-likeness (QED) is 0.749. The van der Waals surface area contributed by atoms with Gasteiger partial charge in [0.25, 0.3) is 0 Å². The summed E-state index contributed by atoms with van der Waals surface area (Å²) in [4.78, 5) is 12.4. The second kappa shape index (κ2) is 7.36. The Kier molecular flexibility index (Phi) is 5.00. The molecule has 0 saturated heterocycles. The Hall–Kier alpha value is -2.86. The summed E-state index contributed by atoms with van der Waals surface area (Å²) in [7, 11) is 3.46. The summed E-state index contributed by atoms with van der Waals surface area (Å²) in [6, 6.07) is 11.8. The zero-order chi connectivity index (χ0) is 17.8. The first kappa shape index (κ1) is 17.0. The van der Waals surface area contributed by atoms with Crippen LogP contribution in [-0.4, -0.2) is 31.3 Å². The first-order valence-corrected chi connectivity index (χ1v) is 7.97. The molecule has 0 bridgehead atoms. The predicted molar refractivity (Wildman–Crippen MR) is 95.5 cm³/mol. The summed E-state index contributed by atoms with van der Waals surface area (Å²) < 4.78 is 19.9. The van der Waals surface area contributed by atoms with E-state index in [-0.39, 0.29) is 17.9 Å². The van der Waals surface area contributed by atoms with Crippen LogP contribution in [0.4, 0.5) is 9.18 Å². The molecule has 0 radical (unpaired) electrons. The number of fused-ring (bicyclic) bond motifs is 1. The maximum absolute atomic E-state index is 13.3. The number of hydrogen-bond acceptors (Lipinski definition) is 3. The van der Waals surface area contributed by atoms with E-state index in [4.69, 9.17) is 4.74 Å². The second-order valence-corrected chi connectivity index (χ2v) is 5.74. The number of ether oxygens (including phenoxy) is 1. The zero-order valence-corrected chi connectivity index (χ0v) is 14.1. The largest absolute Gasteiger partial charge is 0.497 e. The van der Waals surface area contributed by atoms with Crippen molar-refractivity contribution < 1.29 is 13.9 Å².